The van der Waals surface area contributed by atoms with Crippen LogP contribution in [0.25, 0.3) is 0 Å². The standard InChI is InChI=1S/C29H38N2O10/c1-15-22(13-20-9-11-21(12-10-20)29(6,7)8)27(31-30-15)41-28-26(39-19(5)35)25(38-18(4)34)24(37-17(3)33)23(40-28)14-36-16(2)32/h9-12,23-26,28H,13-14H2,1-8H3,(H,30,31)/t23-,24-,25+,26-,28+/m1/s1. The van der Waals surface area contributed by atoms with Crippen molar-refractivity contribution in [3.8, 4) is 5.88 Å². The Labute approximate surface area is 239 Å². The van der Waals surface area contributed by atoms with Crippen LogP contribution in [0, 0.1) is 6.92 Å². The summed E-state index contributed by atoms with van der Waals surface area (Å²) >= 11 is 0. The first kappa shape index (κ1) is 31.6. The van der Waals surface area contributed by atoms with Crippen LogP contribution in [0.3, 0.4) is 0 Å². The molecule has 0 unspecified atom stereocenters. The Morgan fingerprint density at radius 3 is 1.95 bits per heavy atom. The van der Waals surface area contributed by atoms with Crippen LogP contribution in [-0.4, -0.2) is 71.4 Å². The Morgan fingerprint density at radius 1 is 0.854 bits per heavy atom. The molecular weight excluding hydrogens is 536 g/mol. The number of ether oxygens (including phenoxy) is 6. The molecule has 1 aliphatic heterocycles. The molecule has 0 aliphatic carbocycles. The van der Waals surface area contributed by atoms with Crippen molar-refractivity contribution in [2.75, 3.05) is 6.61 Å². The lowest BCUT2D eigenvalue weighted by Crippen LogP contribution is -2.63. The van der Waals surface area contributed by atoms with E-state index < -0.39 is 54.6 Å². The molecule has 2 aromatic rings. The lowest BCUT2D eigenvalue weighted by Gasteiger charge is -2.43. The summed E-state index contributed by atoms with van der Waals surface area (Å²) in [6.45, 7) is 12.6. The molecule has 1 aliphatic rings. The summed E-state index contributed by atoms with van der Waals surface area (Å²) in [5.74, 6) is -2.61. The van der Waals surface area contributed by atoms with Crippen LogP contribution in [0.5, 0.6) is 5.88 Å². The topological polar surface area (TPSA) is 152 Å². The molecule has 1 N–H and O–H groups in total. The Morgan fingerprint density at radius 2 is 1.41 bits per heavy atom. The summed E-state index contributed by atoms with van der Waals surface area (Å²) in [6.07, 6.45) is -6.01. The number of H-pyrrole nitrogens is 1. The summed E-state index contributed by atoms with van der Waals surface area (Å²) in [5.41, 5.74) is 3.67. The Hall–Kier alpha value is -3.93. The van der Waals surface area contributed by atoms with Crippen molar-refractivity contribution in [3.63, 3.8) is 0 Å². The number of esters is 4. The quantitative estimate of drug-likeness (QED) is 0.347. The number of nitrogens with one attached hydrogen (secondary N) is 1. The highest BCUT2D eigenvalue weighted by atomic mass is 16.7. The van der Waals surface area contributed by atoms with E-state index in [4.69, 9.17) is 28.4 Å². The van der Waals surface area contributed by atoms with Gasteiger partial charge >= 0.3 is 23.9 Å². The fourth-order valence-corrected chi connectivity index (χ4v) is 4.46. The van der Waals surface area contributed by atoms with Gasteiger partial charge < -0.3 is 28.4 Å². The number of benzene rings is 1. The number of hydrogen-bond donors (Lipinski definition) is 1. The van der Waals surface area contributed by atoms with E-state index >= 15 is 0 Å². The molecule has 5 atom stereocenters. The van der Waals surface area contributed by atoms with Crippen molar-refractivity contribution < 1.29 is 47.6 Å². The zero-order valence-electron chi connectivity index (χ0n) is 24.6. The summed E-state index contributed by atoms with van der Waals surface area (Å²) in [4.78, 5) is 47.7. The minimum atomic E-state index is -1.37. The van der Waals surface area contributed by atoms with E-state index in [9.17, 15) is 19.2 Å². The van der Waals surface area contributed by atoms with Gasteiger partial charge in [0, 0.05) is 45.4 Å². The van der Waals surface area contributed by atoms with Gasteiger partial charge in [0.2, 0.25) is 18.3 Å². The van der Waals surface area contributed by atoms with E-state index in [0.29, 0.717) is 6.42 Å². The predicted octanol–water partition coefficient (Wildman–Crippen LogP) is 3.07. The van der Waals surface area contributed by atoms with Gasteiger partial charge in [-0.1, -0.05) is 45.0 Å². The van der Waals surface area contributed by atoms with Crippen LogP contribution in [0.4, 0.5) is 0 Å². The average Bonchev–Trinajstić information content (AvgIpc) is 3.19. The van der Waals surface area contributed by atoms with E-state index in [1.165, 1.54) is 19.4 Å². The van der Waals surface area contributed by atoms with Crippen molar-refractivity contribution in [3.05, 3.63) is 46.6 Å². The highest BCUT2D eigenvalue weighted by Gasteiger charge is 2.53. The molecule has 1 aromatic heterocycles. The highest BCUT2D eigenvalue weighted by molar-refractivity contribution is 5.68. The SMILES string of the molecule is CC(=O)OC[C@H]1O[C@@H](Oc2n[nH]c(C)c2Cc2ccc(C(C)(C)C)cc2)[C@H](OC(C)=O)[C@@H](OC(C)=O)[C@@H]1OC(C)=O. The van der Waals surface area contributed by atoms with Crippen LogP contribution < -0.4 is 4.74 Å². The lowest BCUT2D eigenvalue weighted by molar-refractivity contribution is -0.289. The normalized spacial score (nSPS) is 22.4. The third kappa shape index (κ3) is 8.53. The Bertz CT molecular complexity index is 1250. The third-order valence-corrected chi connectivity index (χ3v) is 6.41. The lowest BCUT2D eigenvalue weighted by atomic mass is 9.86. The molecule has 41 heavy (non-hydrogen) atoms. The smallest absolute Gasteiger partial charge is 0.303 e. The van der Waals surface area contributed by atoms with Crippen molar-refractivity contribution in [2.45, 2.75) is 97.9 Å². The van der Waals surface area contributed by atoms with Gasteiger partial charge in [-0.15, -0.1) is 5.10 Å². The molecule has 12 nitrogen and oxygen atoms in total. The number of carbonyl (C=O) groups is 4. The minimum absolute atomic E-state index is 0.00743. The number of carbonyl (C=O) groups excluding carboxylic acids is 4. The second-order valence-corrected chi connectivity index (χ2v) is 10.9. The number of hydrogen-bond acceptors (Lipinski definition) is 11. The first-order chi connectivity index (χ1) is 19.1. The van der Waals surface area contributed by atoms with Crippen molar-refractivity contribution in [2.24, 2.45) is 0 Å². The van der Waals surface area contributed by atoms with E-state index in [-0.39, 0.29) is 17.9 Å². The van der Waals surface area contributed by atoms with Crippen LogP contribution in [0.1, 0.15) is 70.9 Å². The predicted molar refractivity (Wildman–Crippen MR) is 144 cm³/mol. The molecule has 1 aromatic carbocycles. The summed E-state index contributed by atoms with van der Waals surface area (Å²) in [5, 5.41) is 7.19. The van der Waals surface area contributed by atoms with Gasteiger partial charge in [0.25, 0.3) is 0 Å². The van der Waals surface area contributed by atoms with Crippen LogP contribution in [-0.2, 0) is 54.7 Å². The zero-order chi connectivity index (χ0) is 30.5. The van der Waals surface area contributed by atoms with Crippen molar-refractivity contribution in [1.29, 1.82) is 0 Å². The summed E-state index contributed by atoms with van der Waals surface area (Å²) in [6, 6.07) is 8.21. The maximum absolute atomic E-state index is 12.1. The Balaban J connectivity index is 1.97. The van der Waals surface area contributed by atoms with E-state index in [0.717, 1.165) is 30.7 Å². The van der Waals surface area contributed by atoms with Gasteiger partial charge in [-0.25, -0.2) is 0 Å². The third-order valence-electron chi connectivity index (χ3n) is 6.41. The molecule has 0 spiro atoms. The highest BCUT2D eigenvalue weighted by Crippen LogP contribution is 2.33. The second kappa shape index (κ2) is 13.2. The van der Waals surface area contributed by atoms with Crippen LogP contribution in [0.2, 0.25) is 0 Å². The zero-order valence-corrected chi connectivity index (χ0v) is 24.6. The molecule has 12 heteroatoms. The number of rotatable bonds is 9. The minimum Gasteiger partial charge on any atom is -0.463 e. The monoisotopic (exact) mass is 574 g/mol. The maximum Gasteiger partial charge on any atom is 0.303 e. The largest absolute Gasteiger partial charge is 0.463 e. The van der Waals surface area contributed by atoms with Gasteiger partial charge in [-0.2, -0.15) is 0 Å². The number of aromatic amines is 1. The van der Waals surface area contributed by atoms with Gasteiger partial charge in [-0.3, -0.25) is 24.3 Å². The van der Waals surface area contributed by atoms with Gasteiger partial charge in [0.15, 0.2) is 12.2 Å². The van der Waals surface area contributed by atoms with Crippen molar-refractivity contribution in [1.82, 2.24) is 10.2 Å². The average molecular weight is 575 g/mol. The first-order valence-electron chi connectivity index (χ1n) is 13.3. The van der Waals surface area contributed by atoms with Crippen LogP contribution >= 0.6 is 0 Å². The first-order valence-corrected chi connectivity index (χ1v) is 13.3. The molecule has 0 radical (unpaired) electrons. The number of aromatic nitrogens is 2. The van der Waals surface area contributed by atoms with Crippen LogP contribution in [0.15, 0.2) is 24.3 Å². The molecule has 1 fully saturated rings. The Kier molecular flexibility index (Phi) is 10.1. The molecule has 0 bridgehead atoms. The van der Waals surface area contributed by atoms with Gasteiger partial charge in [0.05, 0.1) is 0 Å². The molecule has 1 saturated heterocycles. The second-order valence-electron chi connectivity index (χ2n) is 10.9. The fourth-order valence-electron chi connectivity index (χ4n) is 4.46. The van der Waals surface area contributed by atoms with E-state index in [2.05, 4.69) is 43.1 Å². The molecular formula is C29H38N2O10. The molecule has 3 rings (SSSR count). The number of nitrogens with zero attached hydrogens (tertiary/aromatic N) is 1. The maximum atomic E-state index is 12.1. The van der Waals surface area contributed by atoms with Gasteiger partial charge in [0.1, 0.15) is 12.7 Å². The molecule has 2 heterocycles. The fraction of sp³-hybridized carbons (Fsp3) is 0.552. The molecule has 224 valence electrons. The van der Waals surface area contributed by atoms with Gasteiger partial charge in [-0.05, 0) is 23.5 Å². The molecule has 0 amide bonds. The van der Waals surface area contributed by atoms with E-state index in [1.54, 1.807) is 0 Å². The summed E-state index contributed by atoms with van der Waals surface area (Å²) in [7, 11) is 0. The van der Waals surface area contributed by atoms with Crippen molar-refractivity contribution >= 4 is 23.9 Å². The number of aryl methyl sites for hydroxylation is 1. The van der Waals surface area contributed by atoms with E-state index in [1.807, 2.05) is 19.1 Å². The summed E-state index contributed by atoms with van der Waals surface area (Å²) < 4.78 is 33.7. The molecule has 0 saturated carbocycles.